The van der Waals surface area contributed by atoms with Gasteiger partial charge >= 0.3 is 0 Å². The Morgan fingerprint density at radius 2 is 1.88 bits per heavy atom. The molecule has 92 valence electrons. The lowest BCUT2D eigenvalue weighted by molar-refractivity contribution is 0.565. The topological polar surface area (TPSA) is 41.1 Å². The van der Waals surface area contributed by atoms with Crippen molar-refractivity contribution >= 4 is 11.8 Å². The Hall–Kier alpha value is -1.32. The van der Waals surface area contributed by atoms with E-state index in [4.69, 9.17) is 0 Å². The van der Waals surface area contributed by atoms with Crippen LogP contribution in [-0.4, -0.2) is 30.1 Å². The number of nitrogens with one attached hydrogen (secondary N) is 1. The molecule has 17 heavy (non-hydrogen) atoms. The van der Waals surface area contributed by atoms with Crippen LogP contribution in [0.3, 0.4) is 0 Å². The number of aromatic nitrogens is 2. The fourth-order valence-electron chi connectivity index (χ4n) is 2.35. The summed E-state index contributed by atoms with van der Waals surface area (Å²) < 4.78 is 0. The summed E-state index contributed by atoms with van der Waals surface area (Å²) in [7, 11) is 3.94. The number of hydrogen-bond acceptors (Lipinski definition) is 4. The summed E-state index contributed by atoms with van der Waals surface area (Å²) in [4.78, 5) is 10.7. The van der Waals surface area contributed by atoms with Gasteiger partial charge in [0.15, 0.2) is 0 Å². The van der Waals surface area contributed by atoms with E-state index in [1.165, 1.54) is 25.7 Å². The van der Waals surface area contributed by atoms with Gasteiger partial charge in [0.25, 0.3) is 0 Å². The highest BCUT2D eigenvalue weighted by molar-refractivity contribution is 5.41. The third kappa shape index (κ3) is 2.51. The van der Waals surface area contributed by atoms with Crippen molar-refractivity contribution < 1.29 is 0 Å². The van der Waals surface area contributed by atoms with E-state index < -0.39 is 0 Å². The van der Waals surface area contributed by atoms with Gasteiger partial charge in [-0.1, -0.05) is 0 Å². The minimum absolute atomic E-state index is 0.653. The van der Waals surface area contributed by atoms with Crippen molar-refractivity contribution in [3.8, 4) is 0 Å². The molecule has 4 nitrogen and oxygen atoms in total. The largest absolute Gasteiger partial charge is 0.367 e. The molecule has 0 bridgehead atoms. The molecule has 0 aliphatic heterocycles. The molecule has 3 rings (SSSR count). The van der Waals surface area contributed by atoms with Crippen molar-refractivity contribution in [2.75, 3.05) is 24.3 Å². The van der Waals surface area contributed by atoms with Gasteiger partial charge in [-0.3, -0.25) is 0 Å². The molecule has 0 radical (unpaired) electrons. The Morgan fingerprint density at radius 1 is 1.24 bits per heavy atom. The predicted molar refractivity (Wildman–Crippen MR) is 69.2 cm³/mol. The Bertz CT molecular complexity index is 384. The zero-order chi connectivity index (χ0) is 11.8. The number of nitrogens with zero attached hydrogens (tertiary/aromatic N) is 3. The van der Waals surface area contributed by atoms with Crippen LogP contribution in [0.1, 0.15) is 25.7 Å². The van der Waals surface area contributed by atoms with Gasteiger partial charge in [-0.25, -0.2) is 4.98 Å². The molecule has 1 heterocycles. The van der Waals surface area contributed by atoms with E-state index in [2.05, 4.69) is 15.3 Å². The van der Waals surface area contributed by atoms with Crippen LogP contribution in [0.15, 0.2) is 12.3 Å². The first-order valence-corrected chi connectivity index (χ1v) is 6.51. The molecule has 1 aromatic heterocycles. The molecule has 2 aliphatic carbocycles. The summed E-state index contributed by atoms with van der Waals surface area (Å²) in [5.74, 6) is 3.54. The van der Waals surface area contributed by atoms with E-state index in [0.717, 1.165) is 23.6 Å². The summed E-state index contributed by atoms with van der Waals surface area (Å²) in [5.41, 5.74) is 0. The summed E-state index contributed by atoms with van der Waals surface area (Å²) >= 11 is 0. The second-order valence-electron chi connectivity index (χ2n) is 5.48. The maximum absolute atomic E-state index is 4.54. The summed E-state index contributed by atoms with van der Waals surface area (Å²) in [5, 5.41) is 3.62. The second-order valence-corrected chi connectivity index (χ2v) is 5.48. The zero-order valence-corrected chi connectivity index (χ0v) is 10.6. The average molecular weight is 232 g/mol. The van der Waals surface area contributed by atoms with Crippen LogP contribution < -0.4 is 10.2 Å². The molecule has 4 heteroatoms. The Kier molecular flexibility index (Phi) is 2.65. The van der Waals surface area contributed by atoms with E-state index in [0.29, 0.717) is 6.04 Å². The van der Waals surface area contributed by atoms with Gasteiger partial charge in [0.1, 0.15) is 5.82 Å². The van der Waals surface area contributed by atoms with Crippen LogP contribution in [0.25, 0.3) is 0 Å². The zero-order valence-electron chi connectivity index (χ0n) is 10.6. The maximum Gasteiger partial charge on any atom is 0.226 e. The van der Waals surface area contributed by atoms with Crippen LogP contribution in [-0.2, 0) is 0 Å². The molecule has 2 fully saturated rings. The summed E-state index contributed by atoms with van der Waals surface area (Å²) in [6.07, 6.45) is 7.39. The van der Waals surface area contributed by atoms with Crippen molar-refractivity contribution in [1.29, 1.82) is 0 Å². The first-order chi connectivity index (χ1) is 8.24. The fourth-order valence-corrected chi connectivity index (χ4v) is 2.35. The van der Waals surface area contributed by atoms with Gasteiger partial charge < -0.3 is 10.2 Å². The Labute approximate surface area is 102 Å². The van der Waals surface area contributed by atoms with Crippen LogP contribution in [0, 0.1) is 11.8 Å². The van der Waals surface area contributed by atoms with Gasteiger partial charge in [-0.2, -0.15) is 4.98 Å². The van der Waals surface area contributed by atoms with E-state index in [1.54, 1.807) is 0 Å². The molecule has 2 aliphatic rings. The quantitative estimate of drug-likeness (QED) is 0.844. The highest BCUT2D eigenvalue weighted by Gasteiger charge is 2.41. The SMILES string of the molecule is CN(C)c1nccc(NC(C2CC2)C2CC2)n1. The molecule has 0 saturated heterocycles. The van der Waals surface area contributed by atoms with Crippen LogP contribution >= 0.6 is 0 Å². The highest BCUT2D eigenvalue weighted by atomic mass is 15.2. The van der Waals surface area contributed by atoms with Gasteiger partial charge in [0.2, 0.25) is 5.95 Å². The van der Waals surface area contributed by atoms with Crippen molar-refractivity contribution in [2.24, 2.45) is 11.8 Å². The Balaban J connectivity index is 1.72. The predicted octanol–water partition coefficient (Wildman–Crippen LogP) is 2.14. The van der Waals surface area contributed by atoms with E-state index in [9.17, 15) is 0 Å². The molecule has 0 amide bonds. The van der Waals surface area contributed by atoms with Crippen LogP contribution in [0.4, 0.5) is 11.8 Å². The standard InChI is InChI=1S/C13H20N4/c1-17(2)13-14-8-7-11(16-13)15-12(9-3-4-9)10-5-6-10/h7-10,12H,3-6H2,1-2H3,(H,14,15,16). The van der Waals surface area contributed by atoms with Gasteiger partial charge in [0, 0.05) is 26.3 Å². The highest BCUT2D eigenvalue weighted by Crippen LogP contribution is 2.45. The lowest BCUT2D eigenvalue weighted by Gasteiger charge is -2.19. The lowest BCUT2D eigenvalue weighted by Crippen LogP contribution is -2.25. The normalized spacial score (nSPS) is 19.5. The first-order valence-electron chi connectivity index (χ1n) is 6.51. The summed E-state index contributed by atoms with van der Waals surface area (Å²) in [6, 6.07) is 2.63. The molecule has 2 saturated carbocycles. The van der Waals surface area contributed by atoms with Crippen molar-refractivity contribution in [1.82, 2.24) is 9.97 Å². The maximum atomic E-state index is 4.54. The molecule has 0 atom stereocenters. The number of rotatable bonds is 5. The summed E-state index contributed by atoms with van der Waals surface area (Å²) in [6.45, 7) is 0. The van der Waals surface area contributed by atoms with Gasteiger partial charge in [-0.15, -0.1) is 0 Å². The van der Waals surface area contributed by atoms with Gasteiger partial charge in [-0.05, 0) is 43.6 Å². The van der Waals surface area contributed by atoms with Crippen LogP contribution in [0.5, 0.6) is 0 Å². The fraction of sp³-hybridized carbons (Fsp3) is 0.692. The van der Waals surface area contributed by atoms with Crippen LogP contribution in [0.2, 0.25) is 0 Å². The van der Waals surface area contributed by atoms with E-state index in [1.807, 2.05) is 31.3 Å². The molecule has 1 N–H and O–H groups in total. The smallest absolute Gasteiger partial charge is 0.226 e. The molecule has 0 spiro atoms. The monoisotopic (exact) mass is 232 g/mol. The molecule has 1 aromatic rings. The van der Waals surface area contributed by atoms with Crippen molar-refractivity contribution in [2.45, 2.75) is 31.7 Å². The van der Waals surface area contributed by atoms with Gasteiger partial charge in [0.05, 0.1) is 0 Å². The van der Waals surface area contributed by atoms with E-state index >= 15 is 0 Å². The third-order valence-corrected chi connectivity index (χ3v) is 3.62. The minimum Gasteiger partial charge on any atom is -0.367 e. The molecular weight excluding hydrogens is 212 g/mol. The second kappa shape index (κ2) is 4.17. The molecule has 0 unspecified atom stereocenters. The minimum atomic E-state index is 0.653. The van der Waals surface area contributed by atoms with Crippen molar-refractivity contribution in [3.63, 3.8) is 0 Å². The molecule has 0 aromatic carbocycles. The number of hydrogen-bond donors (Lipinski definition) is 1. The molecular formula is C13H20N4. The lowest BCUT2D eigenvalue weighted by atomic mass is 10.1. The van der Waals surface area contributed by atoms with Crippen molar-refractivity contribution in [3.05, 3.63) is 12.3 Å². The first kappa shape index (κ1) is 10.8. The third-order valence-electron chi connectivity index (χ3n) is 3.62. The van der Waals surface area contributed by atoms with E-state index in [-0.39, 0.29) is 0 Å². The number of anilines is 2. The Morgan fingerprint density at radius 3 is 2.41 bits per heavy atom. The average Bonchev–Trinajstić information content (AvgIpc) is 3.16.